The Morgan fingerprint density at radius 3 is 3.00 bits per heavy atom. The summed E-state index contributed by atoms with van der Waals surface area (Å²) in [6.07, 6.45) is 3.98. The zero-order valence-corrected chi connectivity index (χ0v) is 8.72. The fourth-order valence-electron chi connectivity index (χ4n) is 2.03. The number of nitrogens with zero attached hydrogens (tertiary/aromatic N) is 1. The van der Waals surface area contributed by atoms with Crippen molar-refractivity contribution < 1.29 is 14.6 Å². The minimum atomic E-state index is -0.861. The number of aromatic nitrogens is 1. The van der Waals surface area contributed by atoms with Gasteiger partial charge in [0.05, 0.1) is 6.10 Å². The predicted molar refractivity (Wildman–Crippen MR) is 55.1 cm³/mol. The zero-order chi connectivity index (χ0) is 10.8. The van der Waals surface area contributed by atoms with Gasteiger partial charge < -0.3 is 14.4 Å². The quantitative estimate of drug-likeness (QED) is 0.824. The molecule has 1 N–H and O–H groups in total. The van der Waals surface area contributed by atoms with Crippen molar-refractivity contribution >= 4 is 5.97 Å². The topological polar surface area (TPSA) is 51.5 Å². The fraction of sp³-hybridized carbons (Fsp3) is 0.545. The second-order valence-corrected chi connectivity index (χ2v) is 3.81. The Hall–Kier alpha value is -1.29. The van der Waals surface area contributed by atoms with Crippen molar-refractivity contribution in [2.45, 2.75) is 31.9 Å². The lowest BCUT2D eigenvalue weighted by Gasteiger charge is -2.36. The molecule has 0 radical (unpaired) electrons. The van der Waals surface area contributed by atoms with Crippen LogP contribution in [0.4, 0.5) is 0 Å². The Labute approximate surface area is 88.5 Å². The van der Waals surface area contributed by atoms with Gasteiger partial charge >= 0.3 is 5.97 Å². The van der Waals surface area contributed by atoms with E-state index in [-0.39, 0.29) is 0 Å². The number of hydrogen-bond donors (Lipinski definition) is 1. The van der Waals surface area contributed by atoms with Crippen LogP contribution in [-0.2, 0) is 4.74 Å². The summed E-state index contributed by atoms with van der Waals surface area (Å²) < 4.78 is 7.28. The van der Waals surface area contributed by atoms with E-state index in [2.05, 4.69) is 0 Å². The molecule has 1 heterocycles. The van der Waals surface area contributed by atoms with Crippen LogP contribution in [0.3, 0.4) is 0 Å². The molecule has 1 aromatic heterocycles. The number of rotatable bonds is 4. The van der Waals surface area contributed by atoms with E-state index in [0.29, 0.717) is 17.8 Å². The van der Waals surface area contributed by atoms with Crippen molar-refractivity contribution in [3.63, 3.8) is 0 Å². The van der Waals surface area contributed by atoms with Crippen LogP contribution in [-0.4, -0.2) is 28.4 Å². The first-order valence-corrected chi connectivity index (χ1v) is 5.24. The van der Waals surface area contributed by atoms with Crippen LogP contribution in [0.5, 0.6) is 0 Å². The molecule has 0 spiro atoms. The molecule has 4 heteroatoms. The monoisotopic (exact) mass is 209 g/mol. The van der Waals surface area contributed by atoms with Gasteiger partial charge in [-0.25, -0.2) is 4.79 Å². The van der Waals surface area contributed by atoms with Crippen molar-refractivity contribution in [2.24, 2.45) is 0 Å². The molecule has 0 aromatic carbocycles. The largest absolute Gasteiger partial charge is 0.477 e. The van der Waals surface area contributed by atoms with Crippen molar-refractivity contribution in [3.05, 3.63) is 24.0 Å². The molecule has 1 aliphatic carbocycles. The molecule has 1 aliphatic rings. The number of carbonyl (C=O) groups is 1. The van der Waals surface area contributed by atoms with Gasteiger partial charge in [-0.05, 0) is 31.9 Å². The summed E-state index contributed by atoms with van der Waals surface area (Å²) in [5.74, 6) is -0.861. The fourth-order valence-corrected chi connectivity index (χ4v) is 2.03. The molecule has 1 saturated carbocycles. The van der Waals surface area contributed by atoms with E-state index in [1.807, 2.05) is 17.7 Å². The van der Waals surface area contributed by atoms with Crippen molar-refractivity contribution in [1.29, 1.82) is 0 Å². The molecule has 82 valence electrons. The Balaban J connectivity index is 2.00. The highest BCUT2D eigenvalue weighted by molar-refractivity contribution is 5.85. The molecule has 1 fully saturated rings. The van der Waals surface area contributed by atoms with Gasteiger partial charge in [0, 0.05) is 18.8 Å². The van der Waals surface area contributed by atoms with E-state index in [9.17, 15) is 4.79 Å². The van der Waals surface area contributed by atoms with Gasteiger partial charge in [0.15, 0.2) is 0 Å². The molecule has 0 atom stereocenters. The van der Waals surface area contributed by atoms with Gasteiger partial charge in [0.1, 0.15) is 5.69 Å². The van der Waals surface area contributed by atoms with E-state index in [0.717, 1.165) is 19.4 Å². The maximum absolute atomic E-state index is 10.9. The zero-order valence-electron chi connectivity index (χ0n) is 8.72. The summed E-state index contributed by atoms with van der Waals surface area (Å²) in [6, 6.07) is 3.70. The van der Waals surface area contributed by atoms with Crippen molar-refractivity contribution in [1.82, 2.24) is 4.57 Å². The summed E-state index contributed by atoms with van der Waals surface area (Å²) in [5.41, 5.74) is 0.370. The Bertz CT molecular complexity index is 352. The second-order valence-electron chi connectivity index (χ2n) is 3.81. The van der Waals surface area contributed by atoms with Crippen LogP contribution in [0.15, 0.2) is 18.3 Å². The summed E-state index contributed by atoms with van der Waals surface area (Å²) >= 11 is 0. The number of aromatic carboxylic acids is 1. The van der Waals surface area contributed by atoms with Gasteiger partial charge in [-0.1, -0.05) is 0 Å². The highest BCUT2D eigenvalue weighted by Crippen LogP contribution is 2.35. The first-order valence-electron chi connectivity index (χ1n) is 5.24. The van der Waals surface area contributed by atoms with Crippen LogP contribution >= 0.6 is 0 Å². The molecule has 0 aliphatic heterocycles. The standard InChI is InChI=1S/C11H15NO3/c1-2-15-9-6-8(7-9)12-5-3-4-10(12)11(13)14/h3-5,8-9H,2,6-7H2,1H3,(H,13,14). The Morgan fingerprint density at radius 2 is 2.40 bits per heavy atom. The lowest BCUT2D eigenvalue weighted by Crippen LogP contribution is -2.34. The maximum atomic E-state index is 10.9. The molecule has 0 bridgehead atoms. The number of carboxylic acids is 1. The van der Waals surface area contributed by atoms with E-state index < -0.39 is 5.97 Å². The third-order valence-electron chi connectivity index (χ3n) is 2.86. The van der Waals surface area contributed by atoms with Gasteiger partial charge in [-0.2, -0.15) is 0 Å². The van der Waals surface area contributed by atoms with Gasteiger partial charge in [0.2, 0.25) is 0 Å². The summed E-state index contributed by atoms with van der Waals surface area (Å²) in [7, 11) is 0. The molecule has 1 aromatic rings. The number of ether oxygens (including phenoxy) is 1. The molecule has 0 unspecified atom stereocenters. The first-order chi connectivity index (χ1) is 7.22. The third-order valence-corrected chi connectivity index (χ3v) is 2.86. The lowest BCUT2D eigenvalue weighted by atomic mass is 9.89. The van der Waals surface area contributed by atoms with E-state index >= 15 is 0 Å². The van der Waals surface area contributed by atoms with E-state index in [1.165, 1.54) is 0 Å². The Kier molecular flexibility index (Phi) is 2.77. The molecule has 0 amide bonds. The number of hydrogen-bond acceptors (Lipinski definition) is 2. The highest BCUT2D eigenvalue weighted by Gasteiger charge is 2.32. The third kappa shape index (κ3) is 1.90. The van der Waals surface area contributed by atoms with Crippen LogP contribution in [0.1, 0.15) is 36.3 Å². The van der Waals surface area contributed by atoms with Crippen LogP contribution < -0.4 is 0 Å². The summed E-state index contributed by atoms with van der Waals surface area (Å²) in [6.45, 7) is 2.71. The molecule has 0 saturated heterocycles. The maximum Gasteiger partial charge on any atom is 0.352 e. The molecular weight excluding hydrogens is 194 g/mol. The average Bonchev–Trinajstić information content (AvgIpc) is 2.58. The van der Waals surface area contributed by atoms with Gasteiger partial charge in [-0.15, -0.1) is 0 Å². The molecule has 2 rings (SSSR count). The first kappa shape index (κ1) is 10.2. The normalized spacial score (nSPS) is 24.9. The Morgan fingerprint density at radius 1 is 1.67 bits per heavy atom. The highest BCUT2D eigenvalue weighted by atomic mass is 16.5. The van der Waals surface area contributed by atoms with E-state index in [4.69, 9.17) is 9.84 Å². The van der Waals surface area contributed by atoms with Crippen LogP contribution in [0, 0.1) is 0 Å². The lowest BCUT2D eigenvalue weighted by molar-refractivity contribution is -0.0204. The summed E-state index contributed by atoms with van der Waals surface area (Å²) in [5, 5.41) is 8.94. The smallest absolute Gasteiger partial charge is 0.352 e. The minimum absolute atomic E-state index is 0.294. The van der Waals surface area contributed by atoms with E-state index in [1.54, 1.807) is 12.1 Å². The molecular formula is C11H15NO3. The van der Waals surface area contributed by atoms with Crippen molar-refractivity contribution in [3.8, 4) is 0 Å². The molecule has 15 heavy (non-hydrogen) atoms. The average molecular weight is 209 g/mol. The number of carboxylic acid groups (broad SMARTS) is 1. The van der Waals surface area contributed by atoms with Gasteiger partial charge in [-0.3, -0.25) is 0 Å². The minimum Gasteiger partial charge on any atom is -0.477 e. The van der Waals surface area contributed by atoms with Crippen LogP contribution in [0.2, 0.25) is 0 Å². The van der Waals surface area contributed by atoms with Gasteiger partial charge in [0.25, 0.3) is 0 Å². The predicted octanol–water partition coefficient (Wildman–Crippen LogP) is 1.93. The van der Waals surface area contributed by atoms with Crippen LogP contribution in [0.25, 0.3) is 0 Å². The second kappa shape index (κ2) is 4.06. The SMILES string of the molecule is CCOC1CC(n2cccc2C(=O)O)C1. The molecule has 4 nitrogen and oxygen atoms in total. The van der Waals surface area contributed by atoms with Crippen molar-refractivity contribution in [2.75, 3.05) is 6.61 Å². The summed E-state index contributed by atoms with van der Waals surface area (Å²) in [4.78, 5) is 10.9.